The fourth-order valence-electron chi connectivity index (χ4n) is 2.20. The number of esters is 1. The van der Waals surface area contributed by atoms with Gasteiger partial charge in [0, 0.05) is 18.2 Å². The SMILES string of the molecule is COC(=O)[C@@H]1C[C@@H](NC(=O)c2cccc(OC)c2)CN1. The first kappa shape index (κ1) is 14.3. The summed E-state index contributed by atoms with van der Waals surface area (Å²) in [5.74, 6) is 0.152. The third-order valence-electron chi connectivity index (χ3n) is 3.28. The van der Waals surface area contributed by atoms with Crippen molar-refractivity contribution in [2.45, 2.75) is 18.5 Å². The van der Waals surface area contributed by atoms with Crippen LogP contribution in [-0.4, -0.2) is 44.7 Å². The van der Waals surface area contributed by atoms with Gasteiger partial charge < -0.3 is 20.1 Å². The molecule has 20 heavy (non-hydrogen) atoms. The maximum Gasteiger partial charge on any atom is 0.322 e. The van der Waals surface area contributed by atoms with Gasteiger partial charge in [-0.25, -0.2) is 0 Å². The molecule has 1 aliphatic heterocycles. The van der Waals surface area contributed by atoms with E-state index in [1.54, 1.807) is 31.4 Å². The van der Waals surface area contributed by atoms with E-state index < -0.39 is 0 Å². The minimum Gasteiger partial charge on any atom is -0.497 e. The Balaban J connectivity index is 1.93. The van der Waals surface area contributed by atoms with Gasteiger partial charge in [0.05, 0.1) is 14.2 Å². The summed E-state index contributed by atoms with van der Waals surface area (Å²) >= 11 is 0. The highest BCUT2D eigenvalue weighted by Crippen LogP contribution is 2.14. The fourth-order valence-corrected chi connectivity index (χ4v) is 2.20. The van der Waals surface area contributed by atoms with Crippen molar-refractivity contribution >= 4 is 11.9 Å². The van der Waals surface area contributed by atoms with E-state index in [0.29, 0.717) is 24.3 Å². The number of methoxy groups -OCH3 is 2. The average molecular weight is 278 g/mol. The molecule has 1 amide bonds. The van der Waals surface area contributed by atoms with E-state index in [9.17, 15) is 9.59 Å². The minimum absolute atomic E-state index is 0.0854. The molecule has 0 aliphatic carbocycles. The molecule has 0 spiro atoms. The van der Waals surface area contributed by atoms with Gasteiger partial charge in [0.25, 0.3) is 5.91 Å². The molecule has 1 aromatic rings. The van der Waals surface area contributed by atoms with Crippen LogP contribution in [0.3, 0.4) is 0 Å². The van der Waals surface area contributed by atoms with Crippen LogP contribution in [-0.2, 0) is 9.53 Å². The van der Waals surface area contributed by atoms with Gasteiger partial charge in [0.2, 0.25) is 0 Å². The normalized spacial score (nSPS) is 21.3. The number of hydrogen-bond acceptors (Lipinski definition) is 5. The van der Waals surface area contributed by atoms with Gasteiger partial charge in [0.1, 0.15) is 11.8 Å². The molecule has 2 N–H and O–H groups in total. The Morgan fingerprint density at radius 2 is 2.15 bits per heavy atom. The zero-order valence-corrected chi connectivity index (χ0v) is 11.5. The molecule has 6 heteroatoms. The molecule has 1 fully saturated rings. The summed E-state index contributed by atoms with van der Waals surface area (Å²) in [5, 5.41) is 5.91. The molecule has 2 rings (SSSR count). The van der Waals surface area contributed by atoms with Crippen molar-refractivity contribution in [1.82, 2.24) is 10.6 Å². The van der Waals surface area contributed by atoms with Gasteiger partial charge in [-0.1, -0.05) is 6.07 Å². The monoisotopic (exact) mass is 278 g/mol. The summed E-state index contributed by atoms with van der Waals surface area (Å²) in [4.78, 5) is 23.5. The fraction of sp³-hybridized carbons (Fsp3) is 0.429. The number of hydrogen-bond donors (Lipinski definition) is 2. The number of ether oxygens (including phenoxy) is 2. The number of amides is 1. The smallest absolute Gasteiger partial charge is 0.322 e. The number of rotatable bonds is 4. The number of benzene rings is 1. The number of carbonyl (C=O) groups is 2. The maximum absolute atomic E-state index is 12.1. The lowest BCUT2D eigenvalue weighted by Gasteiger charge is -2.12. The lowest BCUT2D eigenvalue weighted by atomic mass is 10.1. The Bertz CT molecular complexity index is 504. The largest absolute Gasteiger partial charge is 0.497 e. The van der Waals surface area contributed by atoms with Gasteiger partial charge in [-0.15, -0.1) is 0 Å². The van der Waals surface area contributed by atoms with Crippen LogP contribution in [0.2, 0.25) is 0 Å². The maximum atomic E-state index is 12.1. The molecule has 0 unspecified atom stereocenters. The van der Waals surface area contributed by atoms with Gasteiger partial charge in [-0.2, -0.15) is 0 Å². The minimum atomic E-state index is -0.351. The van der Waals surface area contributed by atoms with Crippen LogP contribution >= 0.6 is 0 Å². The molecule has 2 atom stereocenters. The highest BCUT2D eigenvalue weighted by molar-refractivity contribution is 5.94. The first-order valence-electron chi connectivity index (χ1n) is 6.40. The first-order chi connectivity index (χ1) is 9.63. The molecule has 0 saturated carbocycles. The molecule has 1 aliphatic rings. The molecule has 1 saturated heterocycles. The average Bonchev–Trinajstić information content (AvgIpc) is 2.95. The van der Waals surface area contributed by atoms with Crippen LogP contribution < -0.4 is 15.4 Å². The highest BCUT2D eigenvalue weighted by atomic mass is 16.5. The predicted octanol–water partition coefficient (Wildman–Crippen LogP) is 0.328. The molecule has 0 aromatic heterocycles. The Labute approximate surface area is 117 Å². The summed E-state index contributed by atoms with van der Waals surface area (Å²) in [6, 6.07) is 6.50. The van der Waals surface area contributed by atoms with Crippen molar-refractivity contribution in [1.29, 1.82) is 0 Å². The molecule has 1 aromatic carbocycles. The van der Waals surface area contributed by atoms with Gasteiger partial charge in [-0.05, 0) is 24.6 Å². The second-order valence-corrected chi connectivity index (χ2v) is 4.62. The molecular formula is C14H18N2O4. The molecule has 0 radical (unpaired) electrons. The van der Waals surface area contributed by atoms with Crippen molar-refractivity contribution in [2.75, 3.05) is 20.8 Å². The van der Waals surface area contributed by atoms with Crippen molar-refractivity contribution in [3.63, 3.8) is 0 Å². The molecular weight excluding hydrogens is 260 g/mol. The zero-order chi connectivity index (χ0) is 14.5. The quantitative estimate of drug-likeness (QED) is 0.776. The van der Waals surface area contributed by atoms with Crippen molar-refractivity contribution in [3.8, 4) is 5.75 Å². The lowest BCUT2D eigenvalue weighted by Crippen LogP contribution is -2.36. The molecule has 1 heterocycles. The van der Waals surface area contributed by atoms with E-state index in [1.807, 2.05) is 0 Å². The van der Waals surface area contributed by atoms with Crippen LogP contribution in [0.15, 0.2) is 24.3 Å². The van der Waals surface area contributed by atoms with Crippen LogP contribution in [0.25, 0.3) is 0 Å². The highest BCUT2D eigenvalue weighted by Gasteiger charge is 2.31. The van der Waals surface area contributed by atoms with Gasteiger partial charge in [-0.3, -0.25) is 9.59 Å². The summed E-state index contributed by atoms with van der Waals surface area (Å²) in [7, 11) is 2.91. The van der Waals surface area contributed by atoms with E-state index in [-0.39, 0.29) is 24.0 Å². The lowest BCUT2D eigenvalue weighted by molar-refractivity contribution is -0.142. The van der Waals surface area contributed by atoms with E-state index in [1.165, 1.54) is 7.11 Å². The van der Waals surface area contributed by atoms with Gasteiger partial charge >= 0.3 is 5.97 Å². The van der Waals surface area contributed by atoms with Crippen LogP contribution in [0, 0.1) is 0 Å². The van der Waals surface area contributed by atoms with Crippen LogP contribution in [0.4, 0.5) is 0 Å². The van der Waals surface area contributed by atoms with Gasteiger partial charge in [0.15, 0.2) is 0 Å². The topological polar surface area (TPSA) is 76.7 Å². The number of carbonyl (C=O) groups excluding carboxylic acids is 2. The zero-order valence-electron chi connectivity index (χ0n) is 11.5. The van der Waals surface area contributed by atoms with Crippen LogP contribution in [0.1, 0.15) is 16.8 Å². The Morgan fingerprint density at radius 1 is 1.35 bits per heavy atom. The van der Waals surface area contributed by atoms with Crippen molar-refractivity contribution in [2.24, 2.45) is 0 Å². The second-order valence-electron chi connectivity index (χ2n) is 4.62. The van der Waals surface area contributed by atoms with E-state index in [2.05, 4.69) is 15.4 Å². The number of nitrogens with one attached hydrogen (secondary N) is 2. The molecule has 108 valence electrons. The van der Waals surface area contributed by atoms with E-state index >= 15 is 0 Å². The summed E-state index contributed by atoms with van der Waals surface area (Å²) in [6.45, 7) is 0.551. The molecule has 0 bridgehead atoms. The van der Waals surface area contributed by atoms with Crippen LogP contribution in [0.5, 0.6) is 5.75 Å². The Hall–Kier alpha value is -2.08. The third kappa shape index (κ3) is 3.27. The molecule has 6 nitrogen and oxygen atoms in total. The van der Waals surface area contributed by atoms with E-state index in [4.69, 9.17) is 4.74 Å². The summed E-state index contributed by atoms with van der Waals surface area (Å²) < 4.78 is 9.76. The van der Waals surface area contributed by atoms with E-state index in [0.717, 1.165) is 0 Å². The Kier molecular flexibility index (Phi) is 4.57. The third-order valence-corrected chi connectivity index (χ3v) is 3.28. The summed E-state index contributed by atoms with van der Waals surface area (Å²) in [6.07, 6.45) is 0.530. The van der Waals surface area contributed by atoms with Crippen molar-refractivity contribution < 1.29 is 19.1 Å². The van der Waals surface area contributed by atoms with Crippen molar-refractivity contribution in [3.05, 3.63) is 29.8 Å². The summed E-state index contributed by atoms with van der Waals surface area (Å²) in [5.41, 5.74) is 0.533. The second kappa shape index (κ2) is 6.38. The Morgan fingerprint density at radius 3 is 2.85 bits per heavy atom. The first-order valence-corrected chi connectivity index (χ1v) is 6.40. The standard InChI is InChI=1S/C14H18N2O4/c1-19-11-5-3-4-9(6-11)13(17)16-10-7-12(15-8-10)14(18)20-2/h3-6,10,12,15H,7-8H2,1-2H3,(H,16,17)/t10-,12+/m1/s1. The predicted molar refractivity (Wildman–Crippen MR) is 72.7 cm³/mol.